The van der Waals surface area contributed by atoms with Crippen molar-refractivity contribution in [3.8, 4) is 0 Å². The van der Waals surface area contributed by atoms with Crippen molar-refractivity contribution >= 4 is 11.0 Å². The number of aromatic nitrogens is 2. The second-order valence-corrected chi connectivity index (χ2v) is 5.36. The van der Waals surface area contributed by atoms with Gasteiger partial charge in [-0.05, 0) is 31.5 Å². The Bertz CT molecular complexity index is 735. The highest BCUT2D eigenvalue weighted by atomic mass is 14.9. The summed E-state index contributed by atoms with van der Waals surface area (Å²) in [6, 6.07) is 16.9. The maximum absolute atomic E-state index is 4.63. The second-order valence-electron chi connectivity index (χ2n) is 5.36. The van der Waals surface area contributed by atoms with E-state index < -0.39 is 0 Å². The Morgan fingerprint density at radius 2 is 1.71 bits per heavy atom. The molecule has 0 saturated heterocycles. The van der Waals surface area contributed by atoms with Crippen LogP contribution in [-0.4, -0.2) is 9.97 Å². The molecule has 0 bridgehead atoms. The topological polar surface area (TPSA) is 37.8 Å². The molecule has 3 nitrogen and oxygen atoms in total. The first-order valence-corrected chi connectivity index (χ1v) is 7.23. The molecule has 3 aromatic rings. The Hall–Kier alpha value is -2.26. The fourth-order valence-corrected chi connectivity index (χ4v) is 2.31. The predicted octanol–water partition coefficient (Wildman–Crippen LogP) is 3.79. The number of benzene rings is 2. The molecule has 1 N–H and O–H groups in total. The number of hydrogen-bond donors (Lipinski definition) is 1. The van der Waals surface area contributed by atoms with Crippen LogP contribution >= 0.6 is 0 Å². The number of nitrogens with one attached hydrogen (secondary N) is 1. The number of rotatable bonds is 4. The summed E-state index contributed by atoms with van der Waals surface area (Å²) in [6.07, 6.45) is 1.84. The first-order valence-electron chi connectivity index (χ1n) is 7.23. The van der Waals surface area contributed by atoms with Crippen molar-refractivity contribution in [3.63, 3.8) is 0 Å². The van der Waals surface area contributed by atoms with Crippen LogP contribution in [0.1, 0.15) is 29.8 Å². The second kappa shape index (κ2) is 6.02. The lowest BCUT2D eigenvalue weighted by Crippen LogP contribution is -2.18. The molecule has 0 aliphatic carbocycles. The van der Waals surface area contributed by atoms with Crippen molar-refractivity contribution in [3.05, 3.63) is 71.5 Å². The third-order valence-corrected chi connectivity index (χ3v) is 3.67. The highest BCUT2D eigenvalue weighted by Gasteiger charge is 2.05. The van der Waals surface area contributed by atoms with Crippen molar-refractivity contribution in [1.29, 1.82) is 0 Å². The molecular formula is C18H19N3. The molecule has 1 heterocycles. The zero-order valence-corrected chi connectivity index (χ0v) is 12.4. The summed E-state index contributed by atoms with van der Waals surface area (Å²) in [5.74, 6) is 0. The van der Waals surface area contributed by atoms with Crippen LogP contribution in [0, 0.1) is 6.92 Å². The minimum absolute atomic E-state index is 0.291. The zero-order chi connectivity index (χ0) is 14.7. The van der Waals surface area contributed by atoms with E-state index in [0.717, 1.165) is 16.7 Å². The van der Waals surface area contributed by atoms with E-state index in [1.165, 1.54) is 11.1 Å². The monoisotopic (exact) mass is 277 g/mol. The molecule has 3 rings (SSSR count). The summed E-state index contributed by atoms with van der Waals surface area (Å²) < 4.78 is 0. The molecule has 0 saturated carbocycles. The van der Waals surface area contributed by atoms with Gasteiger partial charge in [0.15, 0.2) is 0 Å². The van der Waals surface area contributed by atoms with E-state index in [0.29, 0.717) is 12.6 Å². The highest BCUT2D eigenvalue weighted by molar-refractivity contribution is 5.73. The fourth-order valence-electron chi connectivity index (χ4n) is 2.31. The highest BCUT2D eigenvalue weighted by Crippen LogP contribution is 2.14. The number of fused-ring (bicyclic) bond motifs is 1. The lowest BCUT2D eigenvalue weighted by atomic mass is 10.1. The van der Waals surface area contributed by atoms with Crippen LogP contribution in [0.5, 0.6) is 0 Å². The Balaban J connectivity index is 1.69. The van der Waals surface area contributed by atoms with Gasteiger partial charge in [0.25, 0.3) is 0 Å². The van der Waals surface area contributed by atoms with Crippen molar-refractivity contribution in [2.45, 2.75) is 26.4 Å². The van der Waals surface area contributed by atoms with Gasteiger partial charge in [0.2, 0.25) is 0 Å². The maximum Gasteiger partial charge on any atom is 0.0890 e. The van der Waals surface area contributed by atoms with Gasteiger partial charge in [-0.25, -0.2) is 4.98 Å². The van der Waals surface area contributed by atoms with E-state index >= 15 is 0 Å². The number of hydrogen-bond acceptors (Lipinski definition) is 3. The molecule has 0 aliphatic heterocycles. The average Bonchev–Trinajstić information content (AvgIpc) is 2.53. The summed E-state index contributed by atoms with van der Waals surface area (Å²) in [5.41, 5.74) is 5.42. The van der Waals surface area contributed by atoms with E-state index in [1.54, 1.807) is 0 Å². The van der Waals surface area contributed by atoms with Crippen LogP contribution in [0.15, 0.2) is 54.7 Å². The largest absolute Gasteiger partial charge is 0.305 e. The first kappa shape index (κ1) is 13.7. The zero-order valence-electron chi connectivity index (χ0n) is 12.4. The lowest BCUT2D eigenvalue weighted by Gasteiger charge is -2.14. The van der Waals surface area contributed by atoms with E-state index in [1.807, 2.05) is 30.5 Å². The molecule has 0 unspecified atom stereocenters. The quantitative estimate of drug-likeness (QED) is 0.788. The van der Waals surface area contributed by atoms with Crippen molar-refractivity contribution < 1.29 is 0 Å². The predicted molar refractivity (Wildman–Crippen MR) is 86.0 cm³/mol. The van der Waals surface area contributed by atoms with Gasteiger partial charge in [0.05, 0.1) is 22.9 Å². The smallest absolute Gasteiger partial charge is 0.0890 e. The molecule has 1 aromatic heterocycles. The number of nitrogens with zero attached hydrogens (tertiary/aromatic N) is 2. The molecule has 0 spiro atoms. The molecule has 0 aliphatic rings. The van der Waals surface area contributed by atoms with Crippen LogP contribution in [-0.2, 0) is 6.54 Å². The van der Waals surface area contributed by atoms with Crippen LogP contribution in [0.3, 0.4) is 0 Å². The normalized spacial score (nSPS) is 12.5. The van der Waals surface area contributed by atoms with Gasteiger partial charge in [-0.2, -0.15) is 0 Å². The summed E-state index contributed by atoms with van der Waals surface area (Å²) in [7, 11) is 0. The molecule has 0 fully saturated rings. The standard InChI is InChI=1S/C18H19N3/c1-13-7-9-15(10-8-13)14(2)19-11-16-12-20-17-5-3-4-6-18(17)21-16/h3-10,12,14,19H,11H2,1-2H3/t14-/m1/s1. The van der Waals surface area contributed by atoms with Gasteiger partial charge >= 0.3 is 0 Å². The van der Waals surface area contributed by atoms with Crippen LogP contribution in [0.25, 0.3) is 11.0 Å². The Morgan fingerprint density at radius 3 is 2.48 bits per heavy atom. The molecular weight excluding hydrogens is 258 g/mol. The van der Waals surface area contributed by atoms with Crippen LogP contribution in [0.4, 0.5) is 0 Å². The summed E-state index contributed by atoms with van der Waals surface area (Å²) in [6.45, 7) is 4.98. The molecule has 106 valence electrons. The molecule has 21 heavy (non-hydrogen) atoms. The van der Waals surface area contributed by atoms with Gasteiger partial charge in [-0.3, -0.25) is 4.98 Å². The number of para-hydroxylation sites is 2. The third kappa shape index (κ3) is 3.26. The van der Waals surface area contributed by atoms with E-state index in [4.69, 9.17) is 0 Å². The average molecular weight is 277 g/mol. The molecule has 1 atom stereocenters. The van der Waals surface area contributed by atoms with Crippen molar-refractivity contribution in [2.75, 3.05) is 0 Å². The molecule has 2 aromatic carbocycles. The van der Waals surface area contributed by atoms with E-state index in [2.05, 4.69) is 53.4 Å². The van der Waals surface area contributed by atoms with E-state index in [-0.39, 0.29) is 0 Å². The Labute approximate surface area is 125 Å². The van der Waals surface area contributed by atoms with Crippen molar-refractivity contribution in [2.24, 2.45) is 0 Å². The molecule has 3 heteroatoms. The summed E-state index contributed by atoms with van der Waals surface area (Å²) in [5, 5.41) is 3.50. The van der Waals surface area contributed by atoms with Gasteiger partial charge in [0, 0.05) is 12.6 Å². The third-order valence-electron chi connectivity index (χ3n) is 3.67. The lowest BCUT2D eigenvalue weighted by molar-refractivity contribution is 0.567. The maximum atomic E-state index is 4.63. The SMILES string of the molecule is Cc1ccc([C@@H](C)NCc2cnc3ccccc3n2)cc1. The van der Waals surface area contributed by atoms with Gasteiger partial charge in [0.1, 0.15) is 0 Å². The van der Waals surface area contributed by atoms with Crippen LogP contribution in [0.2, 0.25) is 0 Å². The van der Waals surface area contributed by atoms with Crippen LogP contribution < -0.4 is 5.32 Å². The summed E-state index contributed by atoms with van der Waals surface area (Å²) in [4.78, 5) is 9.07. The minimum Gasteiger partial charge on any atom is -0.305 e. The van der Waals surface area contributed by atoms with Crippen molar-refractivity contribution in [1.82, 2.24) is 15.3 Å². The fraction of sp³-hybridized carbons (Fsp3) is 0.222. The Morgan fingerprint density at radius 1 is 1.00 bits per heavy atom. The van der Waals surface area contributed by atoms with E-state index in [9.17, 15) is 0 Å². The van der Waals surface area contributed by atoms with Gasteiger partial charge in [-0.15, -0.1) is 0 Å². The minimum atomic E-state index is 0.291. The number of aryl methyl sites for hydroxylation is 1. The summed E-state index contributed by atoms with van der Waals surface area (Å²) >= 11 is 0. The van der Waals surface area contributed by atoms with Gasteiger partial charge in [-0.1, -0.05) is 42.0 Å². The molecule has 0 amide bonds. The molecule has 0 radical (unpaired) electrons. The Kier molecular flexibility index (Phi) is 3.93. The van der Waals surface area contributed by atoms with Gasteiger partial charge < -0.3 is 5.32 Å². The first-order chi connectivity index (χ1) is 10.2.